The molecule has 1 atom stereocenters. The number of aliphatic carboxylic acids is 1. The summed E-state index contributed by atoms with van der Waals surface area (Å²) < 4.78 is 0. The molecule has 0 aliphatic carbocycles. The average Bonchev–Trinajstić information content (AvgIpc) is 2.00. The summed E-state index contributed by atoms with van der Waals surface area (Å²) in [6.45, 7) is 4.81. The third-order valence-corrected chi connectivity index (χ3v) is 1.63. The molecule has 0 bridgehead atoms. The molecule has 1 amide bonds. The molecule has 0 rings (SSSR count). The van der Waals surface area contributed by atoms with Crippen LogP contribution < -0.4 is 34.7 Å². The summed E-state index contributed by atoms with van der Waals surface area (Å²) in [6.07, 6.45) is -1.49. The van der Waals surface area contributed by atoms with Crippen LogP contribution in [0.3, 0.4) is 0 Å². The third kappa shape index (κ3) is 6.59. The summed E-state index contributed by atoms with van der Waals surface area (Å²) in [5.74, 6) is -1.76. The van der Waals surface area contributed by atoms with E-state index in [1.807, 2.05) is 0 Å². The second-order valence-corrected chi connectivity index (χ2v) is 4.19. The number of amides is 1. The van der Waals surface area contributed by atoms with E-state index in [-0.39, 0.29) is 35.3 Å². The second kappa shape index (κ2) is 7.39. The number of rotatable bonds is 4. The van der Waals surface area contributed by atoms with Gasteiger partial charge in [-0.1, -0.05) is 0 Å². The van der Waals surface area contributed by atoms with Gasteiger partial charge in [-0.15, -0.1) is 0 Å². The van der Waals surface area contributed by atoms with Crippen molar-refractivity contribution in [2.45, 2.75) is 32.4 Å². The van der Waals surface area contributed by atoms with Crippen LogP contribution in [-0.4, -0.2) is 39.6 Å². The molecule has 1 N–H and O–H groups in total. The van der Waals surface area contributed by atoms with E-state index >= 15 is 0 Å². The van der Waals surface area contributed by atoms with Crippen molar-refractivity contribution in [3.8, 4) is 0 Å². The van der Waals surface area contributed by atoms with Gasteiger partial charge < -0.3 is 15.0 Å². The van der Waals surface area contributed by atoms with Crippen LogP contribution in [0.4, 0.5) is 4.79 Å². The first kappa shape index (κ1) is 18.4. The molecular formula is C8H14NNaO5S. The van der Waals surface area contributed by atoms with E-state index in [0.717, 1.165) is 0 Å². The van der Waals surface area contributed by atoms with E-state index < -0.39 is 23.7 Å². The topological polar surface area (TPSA) is 89.9 Å². The van der Waals surface area contributed by atoms with Crippen molar-refractivity contribution in [1.29, 1.82) is 0 Å². The van der Waals surface area contributed by atoms with Crippen LogP contribution in [0.2, 0.25) is 0 Å². The first-order valence-electron chi connectivity index (χ1n) is 4.22. The molecule has 0 aromatic carbocycles. The fourth-order valence-corrected chi connectivity index (χ4v) is 1.07. The zero-order valence-electron chi connectivity index (χ0n) is 9.76. The third-order valence-electron chi connectivity index (χ3n) is 1.29. The summed E-state index contributed by atoms with van der Waals surface area (Å²) in [6, 6.07) is -1.43. The molecule has 0 saturated heterocycles. The van der Waals surface area contributed by atoms with Crippen LogP contribution in [0.25, 0.3) is 0 Å². The fraction of sp³-hybridized carbons (Fsp3) is 0.750. The van der Waals surface area contributed by atoms with Crippen LogP contribution >= 0.6 is 12.6 Å². The van der Waals surface area contributed by atoms with Crippen molar-refractivity contribution in [2.24, 2.45) is 0 Å². The molecule has 6 nitrogen and oxygen atoms in total. The standard InChI is InChI=1S/C8H15NO5S.Na/c1-8(2,3)14-9(7(12)13)5(4-15)6(10)11;/h5,15H,4H2,1-3H3,(H,10,11)(H,12,13);/q;+1/p-1/t5-;/m0./s1. The minimum Gasteiger partial charge on any atom is -0.548 e. The Morgan fingerprint density at radius 2 is 1.94 bits per heavy atom. The summed E-state index contributed by atoms with van der Waals surface area (Å²) in [7, 11) is 0. The molecule has 0 unspecified atom stereocenters. The van der Waals surface area contributed by atoms with Crippen molar-refractivity contribution < 1.29 is 54.2 Å². The van der Waals surface area contributed by atoms with Gasteiger partial charge >= 0.3 is 35.7 Å². The van der Waals surface area contributed by atoms with Gasteiger partial charge in [-0.25, -0.2) is 4.79 Å². The average molecular weight is 259 g/mol. The maximum atomic E-state index is 10.8. The Balaban J connectivity index is 0. The Bertz CT molecular complexity index is 255. The van der Waals surface area contributed by atoms with Crippen LogP contribution in [0.1, 0.15) is 20.8 Å². The molecule has 0 aliphatic heterocycles. The number of nitrogens with zero attached hydrogens (tertiary/aromatic N) is 1. The number of hydroxylamine groups is 2. The molecule has 0 fully saturated rings. The minimum absolute atomic E-state index is 0. The molecule has 0 aromatic heterocycles. The van der Waals surface area contributed by atoms with E-state index in [9.17, 15) is 14.7 Å². The molecule has 8 heteroatoms. The first-order valence-corrected chi connectivity index (χ1v) is 4.85. The Morgan fingerprint density at radius 3 is 2.12 bits per heavy atom. The van der Waals surface area contributed by atoms with E-state index in [2.05, 4.69) is 12.6 Å². The Morgan fingerprint density at radius 1 is 1.50 bits per heavy atom. The van der Waals surface area contributed by atoms with Crippen molar-refractivity contribution >= 4 is 24.7 Å². The second-order valence-electron chi connectivity index (χ2n) is 3.83. The number of hydrogen-bond acceptors (Lipinski definition) is 5. The van der Waals surface area contributed by atoms with Gasteiger partial charge in [0.05, 0.1) is 11.6 Å². The summed E-state index contributed by atoms with van der Waals surface area (Å²) in [4.78, 5) is 26.4. The van der Waals surface area contributed by atoms with Crippen LogP contribution in [-0.2, 0) is 9.63 Å². The van der Waals surface area contributed by atoms with Gasteiger partial charge in [0.15, 0.2) is 0 Å². The number of carbonyl (C=O) groups is 2. The molecule has 0 heterocycles. The monoisotopic (exact) mass is 259 g/mol. The van der Waals surface area contributed by atoms with Gasteiger partial charge in [-0.3, -0.25) is 4.84 Å². The zero-order chi connectivity index (χ0) is 12.2. The summed E-state index contributed by atoms with van der Waals surface area (Å²) in [5.41, 5.74) is -0.810. The van der Waals surface area contributed by atoms with Crippen LogP contribution in [0, 0.1) is 0 Å². The maximum absolute atomic E-state index is 10.8. The van der Waals surface area contributed by atoms with Gasteiger partial charge in [0.25, 0.3) is 0 Å². The minimum atomic E-state index is -1.54. The number of hydrogen-bond donors (Lipinski definition) is 2. The van der Waals surface area contributed by atoms with E-state index in [0.29, 0.717) is 5.06 Å². The fourth-order valence-electron chi connectivity index (χ4n) is 0.775. The smallest absolute Gasteiger partial charge is 0.548 e. The largest absolute Gasteiger partial charge is 1.00 e. The molecule has 16 heavy (non-hydrogen) atoms. The molecule has 0 aliphatic rings. The number of thiol groups is 1. The SMILES string of the molecule is CC(C)(C)ON(C(=O)O)[C@@H](CS)C(=O)[O-].[Na+]. The van der Waals surface area contributed by atoms with Gasteiger partial charge in [0.1, 0.15) is 6.04 Å². The predicted octanol–water partition coefficient (Wildman–Crippen LogP) is -3.25. The van der Waals surface area contributed by atoms with Crippen LogP contribution in [0.5, 0.6) is 0 Å². The number of carboxylic acids is 1. The first-order chi connectivity index (χ1) is 6.69. The van der Waals surface area contributed by atoms with Gasteiger partial charge in [-0.05, 0) is 20.8 Å². The van der Waals surface area contributed by atoms with Crippen molar-refractivity contribution in [3.05, 3.63) is 0 Å². The maximum Gasteiger partial charge on any atom is 1.00 e. The van der Waals surface area contributed by atoms with Crippen molar-refractivity contribution in [3.63, 3.8) is 0 Å². The zero-order valence-corrected chi connectivity index (χ0v) is 12.7. The Labute approximate surface area is 122 Å². The Kier molecular flexibility index (Phi) is 8.51. The van der Waals surface area contributed by atoms with Crippen molar-refractivity contribution in [1.82, 2.24) is 5.06 Å². The van der Waals surface area contributed by atoms with E-state index in [1.54, 1.807) is 20.8 Å². The Hall–Kier alpha value is 0.0500. The molecule has 0 spiro atoms. The van der Waals surface area contributed by atoms with E-state index in [4.69, 9.17) is 9.94 Å². The molecular weight excluding hydrogens is 245 g/mol. The van der Waals surface area contributed by atoms with Crippen LogP contribution in [0.15, 0.2) is 0 Å². The summed E-state index contributed by atoms with van der Waals surface area (Å²) in [5, 5.41) is 19.7. The molecule has 0 saturated carbocycles. The van der Waals surface area contributed by atoms with Gasteiger partial charge in [-0.2, -0.15) is 17.7 Å². The predicted molar refractivity (Wildman–Crippen MR) is 53.3 cm³/mol. The normalized spacial score (nSPS) is 12.5. The molecule has 88 valence electrons. The van der Waals surface area contributed by atoms with E-state index in [1.165, 1.54) is 0 Å². The number of carbonyl (C=O) groups excluding carboxylic acids is 1. The molecule has 0 aromatic rings. The quantitative estimate of drug-likeness (QED) is 0.314. The van der Waals surface area contributed by atoms with Gasteiger partial charge in [0, 0.05) is 5.75 Å². The molecule has 0 radical (unpaired) electrons. The van der Waals surface area contributed by atoms with Gasteiger partial charge in [0.2, 0.25) is 0 Å². The van der Waals surface area contributed by atoms with Crippen molar-refractivity contribution in [2.75, 3.05) is 5.75 Å². The number of carboxylic acid groups (broad SMARTS) is 2. The summed E-state index contributed by atoms with van der Waals surface area (Å²) >= 11 is 3.73.